The van der Waals surface area contributed by atoms with E-state index in [1.807, 2.05) is 18.2 Å². The van der Waals surface area contributed by atoms with Crippen molar-refractivity contribution in [3.8, 4) is 5.75 Å². The van der Waals surface area contributed by atoms with Crippen LogP contribution in [0.1, 0.15) is 81.4 Å². The average molecular weight is 461 g/mol. The van der Waals surface area contributed by atoms with Crippen LogP contribution < -0.4 is 10.1 Å². The molecule has 4 fully saturated rings. The Kier molecular flexibility index (Phi) is 5.66. The molecule has 4 aliphatic carbocycles. The highest BCUT2D eigenvalue weighted by molar-refractivity contribution is 6.14. The summed E-state index contributed by atoms with van der Waals surface area (Å²) in [5.74, 6) is 3.28. The lowest BCUT2D eigenvalue weighted by Gasteiger charge is -2.57. The molecule has 0 aromatic heterocycles. The normalized spacial score (nSPS) is 31.2. The number of anilines is 1. The maximum atomic E-state index is 15.7. The lowest BCUT2D eigenvalue weighted by Crippen LogP contribution is -2.54. The molecule has 180 valence electrons. The van der Waals surface area contributed by atoms with Crippen LogP contribution in [0.25, 0.3) is 0 Å². The van der Waals surface area contributed by atoms with E-state index < -0.39 is 0 Å². The SMILES string of the molecule is CCCC[C@H]1Cc2cc(OC)ccc2C(c2ccc(NC34CC5CC(CC(C5)C3)C4)cc2F)=N1. The zero-order valence-corrected chi connectivity index (χ0v) is 20.6. The van der Waals surface area contributed by atoms with Crippen molar-refractivity contribution in [2.24, 2.45) is 22.7 Å². The van der Waals surface area contributed by atoms with E-state index in [4.69, 9.17) is 9.73 Å². The molecule has 1 aliphatic heterocycles. The molecule has 4 saturated carbocycles. The van der Waals surface area contributed by atoms with Gasteiger partial charge in [0.05, 0.1) is 18.9 Å². The van der Waals surface area contributed by atoms with E-state index in [9.17, 15) is 0 Å². The second kappa shape index (κ2) is 8.70. The van der Waals surface area contributed by atoms with Crippen LogP contribution in [-0.2, 0) is 6.42 Å². The second-order valence-electron chi connectivity index (χ2n) is 11.5. The van der Waals surface area contributed by atoms with Gasteiger partial charge in [0.15, 0.2) is 0 Å². The van der Waals surface area contributed by atoms with E-state index in [1.165, 1.54) is 44.1 Å². The summed E-state index contributed by atoms with van der Waals surface area (Å²) in [6.07, 6.45) is 12.2. The summed E-state index contributed by atoms with van der Waals surface area (Å²) in [6, 6.07) is 12.1. The summed E-state index contributed by atoms with van der Waals surface area (Å²) in [6.45, 7) is 2.21. The number of methoxy groups -OCH3 is 1. The Bertz CT molecular complexity index is 1070. The Balaban J connectivity index is 1.30. The molecule has 0 radical (unpaired) electrons. The van der Waals surface area contributed by atoms with Gasteiger partial charge in [-0.1, -0.05) is 19.8 Å². The molecular formula is C30H37FN2O. The van der Waals surface area contributed by atoms with E-state index >= 15 is 4.39 Å². The number of halogens is 1. The van der Waals surface area contributed by atoms with E-state index in [-0.39, 0.29) is 17.4 Å². The number of aliphatic imine (C=N–C) groups is 1. The van der Waals surface area contributed by atoms with Gasteiger partial charge in [-0.05, 0) is 111 Å². The number of nitrogens with one attached hydrogen (secondary N) is 1. The zero-order valence-electron chi connectivity index (χ0n) is 20.6. The fourth-order valence-electron chi connectivity index (χ4n) is 7.82. The lowest BCUT2D eigenvalue weighted by molar-refractivity contribution is 0.0107. The highest BCUT2D eigenvalue weighted by Gasteiger charge is 2.50. The first-order valence-corrected chi connectivity index (χ1v) is 13.4. The number of fused-ring (bicyclic) bond motifs is 1. The number of nitrogens with zero attached hydrogens (tertiary/aromatic N) is 1. The van der Waals surface area contributed by atoms with Crippen molar-refractivity contribution in [1.29, 1.82) is 0 Å². The first-order valence-electron chi connectivity index (χ1n) is 13.4. The van der Waals surface area contributed by atoms with Crippen LogP contribution in [0.5, 0.6) is 5.75 Å². The van der Waals surface area contributed by atoms with Gasteiger partial charge in [0.25, 0.3) is 0 Å². The number of benzene rings is 2. The Hall–Kier alpha value is -2.36. The Morgan fingerprint density at radius 3 is 2.35 bits per heavy atom. The van der Waals surface area contributed by atoms with Gasteiger partial charge >= 0.3 is 0 Å². The number of hydrogen-bond acceptors (Lipinski definition) is 3. The summed E-state index contributed by atoms with van der Waals surface area (Å²) < 4.78 is 21.1. The molecule has 0 spiro atoms. The molecule has 1 atom stereocenters. The fraction of sp³-hybridized carbons (Fsp3) is 0.567. The van der Waals surface area contributed by atoms with Gasteiger partial charge in [-0.3, -0.25) is 4.99 Å². The molecule has 0 unspecified atom stereocenters. The topological polar surface area (TPSA) is 33.6 Å². The summed E-state index contributed by atoms with van der Waals surface area (Å²) in [4.78, 5) is 5.07. The first-order chi connectivity index (χ1) is 16.5. The molecule has 0 amide bonds. The fourth-order valence-corrected chi connectivity index (χ4v) is 7.82. The van der Waals surface area contributed by atoms with Crippen molar-refractivity contribution in [1.82, 2.24) is 0 Å². The summed E-state index contributed by atoms with van der Waals surface area (Å²) in [7, 11) is 1.70. The minimum Gasteiger partial charge on any atom is -0.497 e. The summed E-state index contributed by atoms with van der Waals surface area (Å²) in [5.41, 5.74) is 4.76. The monoisotopic (exact) mass is 460 g/mol. The van der Waals surface area contributed by atoms with E-state index in [1.54, 1.807) is 13.2 Å². The maximum absolute atomic E-state index is 15.7. The van der Waals surface area contributed by atoms with Gasteiger partial charge in [0, 0.05) is 22.4 Å². The predicted molar refractivity (Wildman–Crippen MR) is 137 cm³/mol. The van der Waals surface area contributed by atoms with Gasteiger partial charge in [-0.25, -0.2) is 4.39 Å². The molecule has 2 aromatic carbocycles. The molecule has 1 N–H and O–H groups in total. The quantitative estimate of drug-likeness (QED) is 0.475. The minimum absolute atomic E-state index is 0.175. The van der Waals surface area contributed by atoms with Gasteiger partial charge in [-0.2, -0.15) is 0 Å². The molecule has 3 nitrogen and oxygen atoms in total. The number of rotatable bonds is 7. The zero-order chi connectivity index (χ0) is 23.3. The van der Waals surface area contributed by atoms with Crippen LogP contribution in [0.2, 0.25) is 0 Å². The van der Waals surface area contributed by atoms with Gasteiger partial charge in [0.1, 0.15) is 11.6 Å². The average Bonchev–Trinajstić information content (AvgIpc) is 2.81. The molecule has 4 heteroatoms. The Morgan fingerprint density at radius 1 is 1.00 bits per heavy atom. The minimum atomic E-state index is -0.175. The predicted octanol–water partition coefficient (Wildman–Crippen LogP) is 7.17. The van der Waals surface area contributed by atoms with Crippen molar-refractivity contribution in [2.75, 3.05) is 12.4 Å². The first kappa shape index (κ1) is 22.1. The molecule has 1 heterocycles. The van der Waals surface area contributed by atoms with Crippen molar-refractivity contribution in [2.45, 2.75) is 82.7 Å². The molecule has 5 aliphatic rings. The molecule has 34 heavy (non-hydrogen) atoms. The van der Waals surface area contributed by atoms with E-state index in [0.29, 0.717) is 5.56 Å². The van der Waals surface area contributed by atoms with Crippen LogP contribution in [0.15, 0.2) is 41.4 Å². The van der Waals surface area contributed by atoms with Gasteiger partial charge in [-0.15, -0.1) is 0 Å². The van der Waals surface area contributed by atoms with Crippen molar-refractivity contribution >= 4 is 11.4 Å². The van der Waals surface area contributed by atoms with Gasteiger partial charge < -0.3 is 10.1 Å². The van der Waals surface area contributed by atoms with Crippen molar-refractivity contribution in [3.05, 3.63) is 58.9 Å². The van der Waals surface area contributed by atoms with Crippen LogP contribution in [-0.4, -0.2) is 24.4 Å². The molecule has 4 bridgehead atoms. The van der Waals surface area contributed by atoms with Crippen molar-refractivity contribution in [3.63, 3.8) is 0 Å². The third-order valence-electron chi connectivity index (χ3n) is 8.90. The largest absolute Gasteiger partial charge is 0.497 e. The van der Waals surface area contributed by atoms with Gasteiger partial charge in [0.2, 0.25) is 0 Å². The maximum Gasteiger partial charge on any atom is 0.134 e. The number of ether oxygens (including phenoxy) is 1. The highest BCUT2D eigenvalue weighted by Crippen LogP contribution is 2.56. The number of hydrogen-bond donors (Lipinski definition) is 1. The third-order valence-corrected chi connectivity index (χ3v) is 8.90. The van der Waals surface area contributed by atoms with E-state index in [2.05, 4.69) is 24.4 Å². The highest BCUT2D eigenvalue weighted by atomic mass is 19.1. The second-order valence-corrected chi connectivity index (χ2v) is 11.5. The molecule has 7 rings (SSSR count). The summed E-state index contributed by atoms with van der Waals surface area (Å²) >= 11 is 0. The van der Waals surface area contributed by atoms with Crippen LogP contribution in [0, 0.1) is 23.6 Å². The standard InChI is InChI=1S/C30H37FN2O/c1-3-4-5-23-13-22-14-25(34-2)7-9-26(22)29(32-23)27-8-6-24(15-28(27)31)33-30-16-19-10-20(17-30)12-21(11-19)18-30/h6-9,14-15,19-21,23,33H,3-5,10-13,16-18H2,1-2H3/t19?,20?,21?,23-,30?/m0/s1. The Morgan fingerprint density at radius 2 is 1.71 bits per heavy atom. The van der Waals surface area contributed by atoms with E-state index in [0.717, 1.165) is 66.1 Å². The number of unbranched alkanes of at least 4 members (excludes halogenated alkanes) is 1. The Labute approximate surface area is 203 Å². The smallest absolute Gasteiger partial charge is 0.134 e. The molecule has 0 saturated heterocycles. The summed E-state index contributed by atoms with van der Waals surface area (Å²) in [5, 5.41) is 3.83. The molecular weight excluding hydrogens is 423 g/mol. The third kappa shape index (κ3) is 4.03. The van der Waals surface area contributed by atoms with Crippen LogP contribution in [0.4, 0.5) is 10.1 Å². The van der Waals surface area contributed by atoms with Crippen molar-refractivity contribution < 1.29 is 9.13 Å². The van der Waals surface area contributed by atoms with Crippen LogP contribution in [0.3, 0.4) is 0 Å². The van der Waals surface area contributed by atoms with Crippen LogP contribution >= 0.6 is 0 Å². The lowest BCUT2D eigenvalue weighted by atomic mass is 9.53. The molecule has 2 aromatic rings.